The van der Waals surface area contributed by atoms with Crippen LogP contribution in [0.15, 0.2) is 60.3 Å². The fourth-order valence-corrected chi connectivity index (χ4v) is 7.31. The van der Waals surface area contributed by atoms with Crippen LogP contribution in [0.25, 0.3) is 0 Å². The highest BCUT2D eigenvalue weighted by atomic mass is 127. The summed E-state index contributed by atoms with van der Waals surface area (Å²) in [5.74, 6) is -1.43. The molecule has 1 unspecified atom stereocenters. The summed E-state index contributed by atoms with van der Waals surface area (Å²) in [5, 5.41) is -0.403. The molecule has 0 amide bonds. The molecule has 57 heavy (non-hydrogen) atoms. The van der Waals surface area contributed by atoms with Gasteiger partial charge in [-0.15, -0.1) is 0 Å². The van der Waals surface area contributed by atoms with Gasteiger partial charge < -0.3 is 4.90 Å². The summed E-state index contributed by atoms with van der Waals surface area (Å²) in [5.41, 5.74) is 2.07. The van der Waals surface area contributed by atoms with E-state index in [1.165, 1.54) is 24.8 Å². The van der Waals surface area contributed by atoms with Gasteiger partial charge in [0.1, 0.15) is 7.05 Å². The first-order chi connectivity index (χ1) is 26.3. The minimum absolute atomic E-state index is 0.00839. The van der Waals surface area contributed by atoms with Crippen LogP contribution in [0.4, 0.5) is 13.2 Å². The molecule has 3 aliphatic heterocycles. The Morgan fingerprint density at radius 3 is 1.74 bits per heavy atom. The number of carbonyl (C=O) groups is 3. The van der Waals surface area contributed by atoms with E-state index < -0.39 is 54.5 Å². The number of Topliss-reactive ketones (excluding diaryl/α,β-unsaturated/α-hetero) is 2. The van der Waals surface area contributed by atoms with E-state index in [4.69, 9.17) is 11.6 Å². The second kappa shape index (κ2) is 26.3. The average Bonchev–Trinajstić information content (AvgIpc) is 3.12. The molecule has 0 saturated carbocycles. The van der Waals surface area contributed by atoms with E-state index in [9.17, 15) is 44.4 Å². The Hall–Kier alpha value is -0.220. The van der Waals surface area contributed by atoms with Crippen molar-refractivity contribution in [2.45, 2.75) is 47.0 Å². The predicted molar refractivity (Wildman–Crippen MR) is 254 cm³/mol. The predicted octanol–water partition coefficient (Wildman–Crippen LogP) is 8.76. The Morgan fingerprint density at radius 2 is 1.33 bits per heavy atom. The first-order valence-electron chi connectivity index (χ1n) is 17.3. The molecule has 0 N–H and O–H groups in total. The summed E-state index contributed by atoms with van der Waals surface area (Å²) < 4.78 is 87.3. The number of thiol groups is 2. The summed E-state index contributed by atoms with van der Waals surface area (Å²) in [4.78, 5) is 37.2. The Morgan fingerprint density at radius 1 is 0.877 bits per heavy atom. The number of piperidine rings is 2. The van der Waals surface area contributed by atoms with Gasteiger partial charge >= 0.3 is 6.18 Å². The standard InChI is InChI=1S/C14H14F3NO4S.C12H22N2O2S.C8H7ClO.CH2I2S.CH3IS/c1-23(21,22)18-7-6-12(19)11(8-18)13(20)9-2-4-10(5-3-9)14(15,16)17;1-11-3-7-13(8-4-11)12-5-9-14(10-6-12)17(2,15)16;1-6-2-4-7(5-3-6)8(9)10;2-1(3)4;2-1-3/h2-5,11H,6-8H2,1H3;5,11H,3-4,6-10H2,1-2H3;2-5H,1H3;1,4H;3H,1H2. The van der Waals surface area contributed by atoms with Crippen LogP contribution in [0.3, 0.4) is 0 Å². The lowest BCUT2D eigenvalue weighted by Gasteiger charge is -2.36. The topological polar surface area (TPSA) is 129 Å². The molecular weight excluding hydrogens is 1190 g/mol. The van der Waals surface area contributed by atoms with Gasteiger partial charge in [-0.1, -0.05) is 111 Å². The van der Waals surface area contributed by atoms with Crippen LogP contribution in [0, 0.1) is 18.8 Å². The van der Waals surface area contributed by atoms with Crippen LogP contribution in [0.5, 0.6) is 0 Å². The van der Waals surface area contributed by atoms with Gasteiger partial charge in [0, 0.05) is 72.7 Å². The maximum atomic E-state index is 12.5. The number of likely N-dealkylation sites (tertiary alicyclic amines) is 1. The quantitative estimate of drug-likeness (QED) is 0.0735. The van der Waals surface area contributed by atoms with Crippen LogP contribution in [0.2, 0.25) is 0 Å². The summed E-state index contributed by atoms with van der Waals surface area (Å²) in [6.45, 7) is 7.43. The molecule has 0 radical (unpaired) electrons. The summed E-state index contributed by atoms with van der Waals surface area (Å²) in [6.07, 6.45) is 3.11. The minimum atomic E-state index is -4.52. The Balaban J connectivity index is 0.000000417. The summed E-state index contributed by atoms with van der Waals surface area (Å²) >= 11 is 19.5. The first kappa shape index (κ1) is 54.8. The van der Waals surface area contributed by atoms with Crippen molar-refractivity contribution < 1.29 is 44.4 Å². The minimum Gasteiger partial charge on any atom is -0.375 e. The number of nitrogens with zero attached hydrogens (tertiary/aromatic N) is 3. The molecule has 21 heteroatoms. The van der Waals surface area contributed by atoms with Gasteiger partial charge in [-0.3, -0.25) is 14.4 Å². The van der Waals surface area contributed by atoms with Crippen molar-refractivity contribution in [2.75, 3.05) is 55.5 Å². The average molecular weight is 1240 g/mol. The number of ketones is 2. The molecule has 10 nitrogen and oxygen atoms in total. The monoisotopic (exact) mass is 1230 g/mol. The highest BCUT2D eigenvalue weighted by molar-refractivity contribution is 14.2. The molecule has 2 aromatic carbocycles. The molecule has 0 aromatic heterocycles. The number of rotatable bonds is 6. The molecule has 0 aliphatic carbocycles. The van der Waals surface area contributed by atoms with Crippen molar-refractivity contribution in [3.8, 4) is 0 Å². The Kier molecular flexibility index (Phi) is 25.3. The van der Waals surface area contributed by atoms with Gasteiger partial charge in [0.25, 0.3) is 5.24 Å². The second-order valence-electron chi connectivity index (χ2n) is 13.1. The van der Waals surface area contributed by atoms with Crippen molar-refractivity contribution in [1.29, 1.82) is 0 Å². The van der Waals surface area contributed by atoms with Gasteiger partial charge in [-0.25, -0.2) is 21.1 Å². The number of aryl methyl sites for hydroxylation is 1. The Bertz CT molecular complexity index is 1850. The van der Waals surface area contributed by atoms with Crippen molar-refractivity contribution in [3.63, 3.8) is 0 Å². The summed E-state index contributed by atoms with van der Waals surface area (Å²) in [6, 6.07) is 10.7. The van der Waals surface area contributed by atoms with Crippen LogP contribution < -0.4 is 0 Å². The van der Waals surface area contributed by atoms with Gasteiger partial charge in [-0.2, -0.15) is 42.7 Å². The van der Waals surface area contributed by atoms with E-state index >= 15 is 0 Å². The molecule has 2 fully saturated rings. The van der Waals surface area contributed by atoms with Crippen molar-refractivity contribution in [1.82, 2.24) is 13.5 Å². The first-order valence-corrected chi connectivity index (χ1v) is 26.5. The zero-order valence-electron chi connectivity index (χ0n) is 31.8. The number of benzene rings is 2. The zero-order valence-corrected chi connectivity index (χ0v) is 42.4. The van der Waals surface area contributed by atoms with E-state index in [-0.39, 0.29) is 25.1 Å². The number of hydrogen-bond donors (Lipinski definition) is 2. The third kappa shape index (κ3) is 21.4. The Labute approximate surface area is 392 Å². The normalized spacial score (nSPS) is 18.3. The lowest BCUT2D eigenvalue weighted by atomic mass is 9.89. The van der Waals surface area contributed by atoms with Gasteiger partial charge in [0.15, 0.2) is 5.78 Å². The number of alkyl halides is 6. The third-order valence-corrected chi connectivity index (χ3v) is 11.5. The van der Waals surface area contributed by atoms with Crippen LogP contribution in [-0.4, -0.2) is 104 Å². The molecule has 2 saturated heterocycles. The van der Waals surface area contributed by atoms with E-state index in [1.54, 1.807) is 16.4 Å². The molecule has 3 aliphatic rings. The van der Waals surface area contributed by atoms with E-state index in [2.05, 4.69) is 111 Å². The fourth-order valence-electron chi connectivity index (χ4n) is 5.57. The number of sulfonamides is 2. The molecular formula is C36H48ClF3I3N3O7S4. The molecule has 322 valence electrons. The lowest BCUT2D eigenvalue weighted by Crippen LogP contribution is -2.46. The molecule has 2 aromatic rings. The molecule has 3 heterocycles. The van der Waals surface area contributed by atoms with Crippen molar-refractivity contribution >= 4 is 141 Å². The molecule has 0 bridgehead atoms. The third-order valence-electron chi connectivity index (χ3n) is 8.75. The smallest absolute Gasteiger partial charge is 0.375 e. The highest BCUT2D eigenvalue weighted by Crippen LogP contribution is 2.30. The zero-order chi connectivity index (χ0) is 43.7. The number of hydrogen-bond acceptors (Lipinski definition) is 10. The van der Waals surface area contributed by atoms with E-state index in [0.717, 1.165) is 69.6 Å². The largest absolute Gasteiger partial charge is 0.416 e. The maximum absolute atomic E-state index is 12.5. The maximum Gasteiger partial charge on any atom is 0.416 e. The van der Waals surface area contributed by atoms with Crippen molar-refractivity contribution in [3.05, 3.63) is 82.6 Å². The van der Waals surface area contributed by atoms with Crippen molar-refractivity contribution in [2.24, 2.45) is 11.8 Å². The fraction of sp³-hybridized carbons (Fsp3) is 0.528. The highest BCUT2D eigenvalue weighted by Gasteiger charge is 2.37. The van der Waals surface area contributed by atoms with Gasteiger partial charge in [-0.05, 0) is 61.5 Å². The van der Waals surface area contributed by atoms with Crippen LogP contribution >= 0.6 is 105 Å². The molecule has 0 spiro atoms. The molecule has 1 atom stereocenters. The second-order valence-corrected chi connectivity index (χ2v) is 27.1. The lowest BCUT2D eigenvalue weighted by molar-refractivity contribution is -0.137. The molecule has 5 rings (SSSR count). The van der Waals surface area contributed by atoms with E-state index in [1.807, 2.05) is 19.1 Å². The van der Waals surface area contributed by atoms with Crippen LogP contribution in [0.1, 0.15) is 64.4 Å². The SMILES string of the molecule is CC1CCN(C2=CCN(S(C)(=O)=O)CC2)CC1.CS(=O)(=O)N1CCC(=O)C(C(=O)c2ccc(C(F)(F)F)cc2)C1.Cc1ccc(C(=O)Cl)cc1.SC(I)I.SCI. The van der Waals surface area contributed by atoms with E-state index in [0.29, 0.717) is 19.9 Å². The number of carbonyl (C=O) groups excluding carboxylic acids is 3. The van der Waals surface area contributed by atoms with Gasteiger partial charge in [0.2, 0.25) is 20.0 Å². The van der Waals surface area contributed by atoms with Crippen LogP contribution in [-0.2, 0) is 31.0 Å². The van der Waals surface area contributed by atoms with Gasteiger partial charge in [0.05, 0.1) is 24.0 Å². The number of halogens is 7. The summed E-state index contributed by atoms with van der Waals surface area (Å²) in [7, 11) is -6.56.